The van der Waals surface area contributed by atoms with Gasteiger partial charge in [0, 0.05) is 35.6 Å². The zero-order valence-electron chi connectivity index (χ0n) is 30.2. The minimum Gasteiger partial charge on any atom is -0.399 e. The van der Waals surface area contributed by atoms with Gasteiger partial charge in [0.05, 0.1) is 5.92 Å². The van der Waals surface area contributed by atoms with Gasteiger partial charge in [-0.3, -0.25) is 14.4 Å². The van der Waals surface area contributed by atoms with E-state index in [-0.39, 0.29) is 5.91 Å². The van der Waals surface area contributed by atoms with Crippen molar-refractivity contribution in [1.29, 1.82) is 0 Å². The number of benzene rings is 4. The molecule has 0 fully saturated rings. The summed E-state index contributed by atoms with van der Waals surface area (Å²) in [5.41, 5.74) is 34.9. The zero-order chi connectivity index (χ0) is 38.0. The number of amides is 1. The Bertz CT molecular complexity index is 1520. The molecule has 0 saturated heterocycles. The molecule has 10 nitrogen and oxygen atoms in total. The van der Waals surface area contributed by atoms with Crippen molar-refractivity contribution >= 4 is 36.1 Å². The average molecular weight is 697 g/mol. The van der Waals surface area contributed by atoms with Gasteiger partial charge in [-0.2, -0.15) is 0 Å². The largest absolute Gasteiger partial charge is 0.399 e. The third-order valence-corrected chi connectivity index (χ3v) is 7.66. The fraction of sp³-hybridized carbons (Fsp3) is 0.317. The maximum Gasteiger partial charge on any atom is 0.230 e. The molecule has 0 bridgehead atoms. The topological polar surface area (TPSA) is 210 Å². The lowest BCUT2D eigenvalue weighted by atomic mass is 9.99. The number of aldehydes is 3. The van der Waals surface area contributed by atoms with Crippen molar-refractivity contribution < 1.29 is 19.2 Å². The first-order valence-electron chi connectivity index (χ1n) is 17.1. The molecule has 4 aromatic rings. The second-order valence-electron chi connectivity index (χ2n) is 12.5. The number of nitrogens with two attached hydrogens (primary N) is 5. The van der Waals surface area contributed by atoms with E-state index < -0.39 is 5.92 Å². The molecule has 10 heteroatoms. The molecular formula is C41H56N6O4. The number of anilines is 2. The first-order valence-corrected chi connectivity index (χ1v) is 17.1. The van der Waals surface area contributed by atoms with Crippen molar-refractivity contribution in [3.63, 3.8) is 0 Å². The molecular weight excluding hydrogens is 640 g/mol. The van der Waals surface area contributed by atoms with E-state index in [0.29, 0.717) is 49.7 Å². The Morgan fingerprint density at radius 1 is 0.608 bits per heavy atom. The van der Waals surface area contributed by atoms with Crippen molar-refractivity contribution in [2.75, 3.05) is 37.6 Å². The summed E-state index contributed by atoms with van der Waals surface area (Å²) in [7, 11) is 0. The maximum absolute atomic E-state index is 11.6. The average Bonchev–Trinajstić information content (AvgIpc) is 3.16. The summed E-state index contributed by atoms with van der Waals surface area (Å²) in [6, 6.07) is 30.2. The fourth-order valence-corrected chi connectivity index (χ4v) is 4.44. The third kappa shape index (κ3) is 19.6. The Balaban J connectivity index is 0.000000352. The molecule has 0 spiro atoms. The molecule has 3 atom stereocenters. The highest BCUT2D eigenvalue weighted by Crippen LogP contribution is 2.11. The van der Waals surface area contributed by atoms with E-state index in [2.05, 4.69) is 31.3 Å². The standard InChI is InChI=1S/C13H16N2O3.C11H15NO.C10H16N2.C7H9N/c14-5-6-15-13(18)12(9-17)7-10-1-3-11(8-16)4-2-10;1-9(7-12)6-10-2-4-11(8-13)5-3-10;1-8(7-11)6-9-2-4-10(12)5-3-9;1-6-2-4-7(8)5-3-6/h1-4,8-9,12H,5-7,14H2,(H,15,18);2-5,8-9H,6-7,12H2,1H3;2-5,8H,6-7,11-12H2,1H3;2-5H,8H2,1H3. The Morgan fingerprint density at radius 3 is 1.31 bits per heavy atom. The van der Waals surface area contributed by atoms with E-state index in [1.54, 1.807) is 24.3 Å². The third-order valence-electron chi connectivity index (χ3n) is 7.66. The monoisotopic (exact) mass is 696 g/mol. The Labute approximate surface area is 303 Å². The molecule has 4 rings (SSSR count). The van der Waals surface area contributed by atoms with Crippen LogP contribution in [0.25, 0.3) is 0 Å². The van der Waals surface area contributed by atoms with Crippen LogP contribution in [0.2, 0.25) is 0 Å². The Hall–Kier alpha value is -5.16. The van der Waals surface area contributed by atoms with E-state index in [1.807, 2.05) is 67.6 Å². The van der Waals surface area contributed by atoms with E-state index in [0.717, 1.165) is 54.5 Å². The van der Waals surface area contributed by atoms with Crippen LogP contribution in [0, 0.1) is 24.7 Å². The molecule has 51 heavy (non-hydrogen) atoms. The summed E-state index contributed by atoms with van der Waals surface area (Å²) in [6.07, 6.45) is 4.57. The lowest BCUT2D eigenvalue weighted by Gasteiger charge is -2.10. The van der Waals surface area contributed by atoms with E-state index in [9.17, 15) is 19.2 Å². The zero-order valence-corrected chi connectivity index (χ0v) is 30.2. The molecule has 0 aliphatic rings. The SMILES string of the molecule is CC(CN)Cc1ccc(C=O)cc1.CC(CN)Cc1ccc(N)cc1.Cc1ccc(N)cc1.NCCNC(=O)C(C=O)Cc1ccc(C=O)cc1. The lowest BCUT2D eigenvalue weighted by molar-refractivity contribution is -0.128. The van der Waals surface area contributed by atoms with Crippen LogP contribution in [0.4, 0.5) is 11.4 Å². The Morgan fingerprint density at radius 2 is 0.980 bits per heavy atom. The quantitative estimate of drug-likeness (QED) is 0.0619. The van der Waals surface area contributed by atoms with Crippen LogP contribution in [-0.2, 0) is 28.9 Å². The second-order valence-corrected chi connectivity index (χ2v) is 12.5. The maximum atomic E-state index is 11.6. The number of hydrogen-bond donors (Lipinski definition) is 6. The molecule has 0 heterocycles. The lowest BCUT2D eigenvalue weighted by Crippen LogP contribution is -2.35. The van der Waals surface area contributed by atoms with Gasteiger partial charge >= 0.3 is 0 Å². The fourth-order valence-electron chi connectivity index (χ4n) is 4.44. The molecule has 3 unspecified atom stereocenters. The number of rotatable bonds is 14. The van der Waals surface area contributed by atoms with E-state index >= 15 is 0 Å². The predicted octanol–water partition coefficient (Wildman–Crippen LogP) is 4.55. The van der Waals surface area contributed by atoms with Crippen LogP contribution in [0.1, 0.15) is 56.8 Å². The van der Waals surface area contributed by atoms with Crippen LogP contribution >= 0.6 is 0 Å². The molecule has 0 saturated carbocycles. The highest BCUT2D eigenvalue weighted by atomic mass is 16.2. The number of carbonyl (C=O) groups is 4. The van der Waals surface area contributed by atoms with Crippen molar-refractivity contribution in [1.82, 2.24) is 5.32 Å². The number of aryl methyl sites for hydroxylation is 1. The second kappa shape index (κ2) is 25.8. The van der Waals surface area contributed by atoms with Gasteiger partial charge in [-0.1, -0.05) is 92.2 Å². The normalized spacial score (nSPS) is 11.7. The van der Waals surface area contributed by atoms with Crippen LogP contribution in [-0.4, -0.2) is 50.9 Å². The molecule has 11 N–H and O–H groups in total. The highest BCUT2D eigenvalue weighted by Gasteiger charge is 2.17. The van der Waals surface area contributed by atoms with Gasteiger partial charge in [-0.25, -0.2) is 0 Å². The summed E-state index contributed by atoms with van der Waals surface area (Å²) in [6.45, 7) is 8.45. The van der Waals surface area contributed by atoms with Crippen LogP contribution in [0.15, 0.2) is 97.1 Å². The molecule has 0 aliphatic heterocycles. The summed E-state index contributed by atoms with van der Waals surface area (Å²) in [4.78, 5) is 43.4. The summed E-state index contributed by atoms with van der Waals surface area (Å²) in [5.74, 6) is 0.00394. The van der Waals surface area contributed by atoms with Gasteiger partial charge in [-0.15, -0.1) is 0 Å². The van der Waals surface area contributed by atoms with Gasteiger partial charge in [0.1, 0.15) is 18.9 Å². The van der Waals surface area contributed by atoms with Crippen molar-refractivity contribution in [3.05, 3.63) is 130 Å². The van der Waals surface area contributed by atoms with Gasteiger partial charge in [0.25, 0.3) is 0 Å². The highest BCUT2D eigenvalue weighted by molar-refractivity contribution is 5.92. The number of nitrogen functional groups attached to an aromatic ring is 2. The van der Waals surface area contributed by atoms with Crippen molar-refractivity contribution in [3.8, 4) is 0 Å². The van der Waals surface area contributed by atoms with Crippen molar-refractivity contribution in [2.45, 2.75) is 40.0 Å². The Kier molecular flexibility index (Phi) is 22.2. The van der Waals surface area contributed by atoms with Gasteiger partial charge in [-0.05, 0) is 92.1 Å². The van der Waals surface area contributed by atoms with Gasteiger partial charge in [0.2, 0.25) is 5.91 Å². The van der Waals surface area contributed by atoms with E-state index in [1.165, 1.54) is 16.7 Å². The minimum atomic E-state index is -0.723. The first-order chi connectivity index (χ1) is 24.5. The molecule has 0 aromatic heterocycles. The smallest absolute Gasteiger partial charge is 0.230 e. The molecule has 1 amide bonds. The van der Waals surface area contributed by atoms with Crippen LogP contribution < -0.4 is 34.0 Å². The summed E-state index contributed by atoms with van der Waals surface area (Å²) < 4.78 is 0. The minimum absolute atomic E-state index is 0.318. The van der Waals surface area contributed by atoms with Crippen molar-refractivity contribution in [2.24, 2.45) is 35.0 Å². The molecule has 274 valence electrons. The van der Waals surface area contributed by atoms with Gasteiger partial charge < -0.3 is 38.8 Å². The number of carbonyl (C=O) groups excluding carboxylic acids is 4. The summed E-state index contributed by atoms with van der Waals surface area (Å²) >= 11 is 0. The number of nitrogens with one attached hydrogen (secondary N) is 1. The van der Waals surface area contributed by atoms with E-state index in [4.69, 9.17) is 28.7 Å². The van der Waals surface area contributed by atoms with Crippen LogP contribution in [0.5, 0.6) is 0 Å². The predicted molar refractivity (Wildman–Crippen MR) is 209 cm³/mol. The van der Waals surface area contributed by atoms with Gasteiger partial charge in [0.15, 0.2) is 0 Å². The van der Waals surface area contributed by atoms with Crippen LogP contribution in [0.3, 0.4) is 0 Å². The summed E-state index contributed by atoms with van der Waals surface area (Å²) in [5, 5.41) is 2.57. The molecule has 4 aromatic carbocycles. The molecule has 0 aliphatic carbocycles. The first kappa shape index (κ1) is 43.9. The molecule has 0 radical (unpaired) electrons. The number of hydrogen-bond acceptors (Lipinski definition) is 9.